The fourth-order valence-corrected chi connectivity index (χ4v) is 1.96. The molecule has 0 fully saturated rings. The van der Waals surface area contributed by atoms with Crippen LogP contribution in [0.15, 0.2) is 73.8 Å². The summed E-state index contributed by atoms with van der Waals surface area (Å²) in [7, 11) is 1.93. The lowest BCUT2D eigenvalue weighted by atomic mass is 10.0. The Labute approximate surface area is 133 Å². The smallest absolute Gasteiger partial charge is 0.142 e. The van der Waals surface area contributed by atoms with E-state index in [-0.39, 0.29) is 0 Å². The minimum atomic E-state index is 0.639. The van der Waals surface area contributed by atoms with Gasteiger partial charge in [-0.1, -0.05) is 49.1 Å². The summed E-state index contributed by atoms with van der Waals surface area (Å²) in [6.07, 6.45) is 5.91. The van der Waals surface area contributed by atoms with Gasteiger partial charge < -0.3 is 5.32 Å². The van der Waals surface area contributed by atoms with Crippen molar-refractivity contribution in [3.8, 4) is 11.1 Å². The van der Waals surface area contributed by atoms with Gasteiger partial charge in [0.15, 0.2) is 0 Å². The third kappa shape index (κ3) is 5.80. The van der Waals surface area contributed by atoms with Gasteiger partial charge in [-0.3, -0.25) is 4.79 Å². The molecule has 0 unspecified atom stereocenters. The highest BCUT2D eigenvalue weighted by Crippen LogP contribution is 2.22. The van der Waals surface area contributed by atoms with Crippen molar-refractivity contribution in [2.45, 2.75) is 12.8 Å². The zero-order chi connectivity index (χ0) is 16.2. The number of anilines is 1. The van der Waals surface area contributed by atoms with Crippen LogP contribution in [0.5, 0.6) is 0 Å². The lowest BCUT2D eigenvalue weighted by molar-refractivity contribution is -0.104. The maximum absolute atomic E-state index is 9.06. The average Bonchev–Trinajstić information content (AvgIpc) is 2.60. The fourth-order valence-electron chi connectivity index (χ4n) is 1.96. The van der Waals surface area contributed by atoms with E-state index in [2.05, 4.69) is 67.0 Å². The van der Waals surface area contributed by atoms with E-state index in [4.69, 9.17) is 4.79 Å². The van der Waals surface area contributed by atoms with Crippen molar-refractivity contribution < 1.29 is 4.79 Å². The minimum Gasteiger partial charge on any atom is -0.388 e. The van der Waals surface area contributed by atoms with E-state index in [1.165, 1.54) is 22.8 Å². The van der Waals surface area contributed by atoms with Crippen LogP contribution in [0.2, 0.25) is 0 Å². The van der Waals surface area contributed by atoms with Crippen LogP contribution in [0, 0.1) is 0 Å². The second kappa shape index (κ2) is 10.2. The maximum Gasteiger partial charge on any atom is 0.142 e. The first kappa shape index (κ1) is 17.4. The van der Waals surface area contributed by atoms with E-state index in [1.54, 1.807) is 0 Å². The van der Waals surface area contributed by atoms with Crippen molar-refractivity contribution in [1.29, 1.82) is 0 Å². The Bertz CT molecular complexity index is 576. The number of hydrogen-bond acceptors (Lipinski definition) is 2. The summed E-state index contributed by atoms with van der Waals surface area (Å²) in [5.41, 5.74) is 5.02. The largest absolute Gasteiger partial charge is 0.388 e. The standard InChI is InChI=1S/C17H19N.C3H4O/c1-3-4-5-14-6-8-15(9-7-14)16-10-12-17(18-2)13-11-16;1-2-3-4/h3,6-13,18H,1,4-5H2,2H3;2-3H,1H2. The number of aryl methyl sites for hydroxylation is 1. The molecule has 0 radical (unpaired) electrons. The number of nitrogens with one attached hydrogen (secondary N) is 1. The average molecular weight is 293 g/mol. The summed E-state index contributed by atoms with van der Waals surface area (Å²) < 4.78 is 0. The molecule has 0 aliphatic rings. The molecule has 0 bridgehead atoms. The van der Waals surface area contributed by atoms with Crippen molar-refractivity contribution >= 4 is 12.0 Å². The van der Waals surface area contributed by atoms with Gasteiger partial charge in [0.05, 0.1) is 0 Å². The molecule has 1 N–H and O–H groups in total. The summed E-state index contributed by atoms with van der Waals surface area (Å²) in [5, 5.41) is 3.13. The van der Waals surface area contributed by atoms with E-state index >= 15 is 0 Å². The molecule has 0 aliphatic heterocycles. The Balaban J connectivity index is 0.000000541. The zero-order valence-electron chi connectivity index (χ0n) is 13.1. The van der Waals surface area contributed by atoms with E-state index < -0.39 is 0 Å². The summed E-state index contributed by atoms with van der Waals surface area (Å²) >= 11 is 0. The van der Waals surface area contributed by atoms with Crippen LogP contribution in [0.25, 0.3) is 11.1 Å². The highest BCUT2D eigenvalue weighted by atomic mass is 16.1. The quantitative estimate of drug-likeness (QED) is 0.467. The highest BCUT2D eigenvalue weighted by molar-refractivity contribution is 5.66. The number of hydrogen-bond donors (Lipinski definition) is 1. The van der Waals surface area contributed by atoms with Gasteiger partial charge in [0.2, 0.25) is 0 Å². The molecule has 0 spiro atoms. The minimum absolute atomic E-state index is 0.639. The lowest BCUT2D eigenvalue weighted by Gasteiger charge is -2.05. The molecule has 0 heterocycles. The second-order valence-corrected chi connectivity index (χ2v) is 4.72. The van der Waals surface area contributed by atoms with Crippen molar-refractivity contribution in [2.24, 2.45) is 0 Å². The van der Waals surface area contributed by atoms with Gasteiger partial charge in [0.25, 0.3) is 0 Å². The van der Waals surface area contributed by atoms with Crippen LogP contribution in [0.1, 0.15) is 12.0 Å². The predicted octanol–water partition coefficient (Wildman–Crippen LogP) is 4.89. The van der Waals surface area contributed by atoms with Crippen LogP contribution in [0.4, 0.5) is 5.69 Å². The van der Waals surface area contributed by atoms with E-state index in [9.17, 15) is 0 Å². The molecule has 2 aromatic carbocycles. The normalized spacial score (nSPS) is 9.14. The third-order valence-electron chi connectivity index (χ3n) is 3.19. The molecular formula is C20H23NO. The lowest BCUT2D eigenvalue weighted by Crippen LogP contribution is -1.87. The Morgan fingerprint density at radius 3 is 1.86 bits per heavy atom. The number of aldehydes is 1. The van der Waals surface area contributed by atoms with Gasteiger partial charge in [-0.2, -0.15) is 0 Å². The van der Waals surface area contributed by atoms with Crippen molar-refractivity contribution in [2.75, 3.05) is 12.4 Å². The SMILES string of the molecule is C=CC=O.C=CCCc1ccc(-c2ccc(NC)cc2)cc1. The Morgan fingerprint density at radius 2 is 1.45 bits per heavy atom. The number of rotatable bonds is 6. The molecule has 0 aromatic heterocycles. The number of carbonyl (C=O) groups excluding carboxylic acids is 1. The molecule has 2 aromatic rings. The van der Waals surface area contributed by atoms with Gasteiger partial charge in [0, 0.05) is 12.7 Å². The highest BCUT2D eigenvalue weighted by Gasteiger charge is 1.98. The van der Waals surface area contributed by atoms with Crippen LogP contribution in [-0.2, 0) is 11.2 Å². The Hall–Kier alpha value is -2.61. The molecule has 114 valence electrons. The van der Waals surface area contributed by atoms with Crippen molar-refractivity contribution in [3.63, 3.8) is 0 Å². The molecular weight excluding hydrogens is 270 g/mol. The van der Waals surface area contributed by atoms with E-state index in [0.717, 1.165) is 18.5 Å². The number of benzene rings is 2. The predicted molar refractivity (Wildman–Crippen MR) is 96.2 cm³/mol. The van der Waals surface area contributed by atoms with Crippen LogP contribution in [-0.4, -0.2) is 13.3 Å². The fraction of sp³-hybridized carbons (Fsp3) is 0.150. The Kier molecular flexibility index (Phi) is 8.06. The number of carbonyl (C=O) groups is 1. The van der Waals surface area contributed by atoms with Gasteiger partial charge in [-0.15, -0.1) is 6.58 Å². The van der Waals surface area contributed by atoms with Gasteiger partial charge in [0.1, 0.15) is 6.29 Å². The van der Waals surface area contributed by atoms with Crippen LogP contribution < -0.4 is 5.32 Å². The summed E-state index contributed by atoms with van der Waals surface area (Å²) in [4.78, 5) is 9.06. The molecule has 0 saturated carbocycles. The molecule has 2 heteroatoms. The summed E-state index contributed by atoms with van der Waals surface area (Å²) in [6, 6.07) is 17.3. The molecule has 0 atom stereocenters. The molecule has 2 rings (SSSR count). The monoisotopic (exact) mass is 293 g/mol. The van der Waals surface area contributed by atoms with E-state index in [1.807, 2.05) is 13.1 Å². The second-order valence-electron chi connectivity index (χ2n) is 4.72. The van der Waals surface area contributed by atoms with Crippen LogP contribution >= 0.6 is 0 Å². The first-order chi connectivity index (χ1) is 10.7. The molecule has 0 amide bonds. The molecule has 0 aliphatic carbocycles. The summed E-state index contributed by atoms with van der Waals surface area (Å²) in [5.74, 6) is 0. The molecule has 22 heavy (non-hydrogen) atoms. The van der Waals surface area contributed by atoms with Crippen LogP contribution in [0.3, 0.4) is 0 Å². The third-order valence-corrected chi connectivity index (χ3v) is 3.19. The molecule has 0 saturated heterocycles. The first-order valence-electron chi connectivity index (χ1n) is 7.29. The maximum atomic E-state index is 9.06. The number of allylic oxidation sites excluding steroid dienone is 2. The Morgan fingerprint density at radius 1 is 0.955 bits per heavy atom. The van der Waals surface area contributed by atoms with Crippen molar-refractivity contribution in [3.05, 3.63) is 79.4 Å². The van der Waals surface area contributed by atoms with Gasteiger partial charge in [-0.05, 0) is 47.7 Å². The van der Waals surface area contributed by atoms with E-state index in [0.29, 0.717) is 6.29 Å². The van der Waals surface area contributed by atoms with Crippen molar-refractivity contribution in [1.82, 2.24) is 0 Å². The topological polar surface area (TPSA) is 29.1 Å². The first-order valence-corrected chi connectivity index (χ1v) is 7.29. The van der Waals surface area contributed by atoms with Gasteiger partial charge in [-0.25, -0.2) is 0 Å². The summed E-state index contributed by atoms with van der Waals surface area (Å²) in [6.45, 7) is 6.86. The molecule has 2 nitrogen and oxygen atoms in total. The van der Waals surface area contributed by atoms with Gasteiger partial charge >= 0.3 is 0 Å². The zero-order valence-corrected chi connectivity index (χ0v) is 13.1.